The fourth-order valence-corrected chi connectivity index (χ4v) is 2.52. The van der Waals surface area contributed by atoms with E-state index in [1.54, 1.807) is 12.0 Å². The highest BCUT2D eigenvalue weighted by atomic mass is 16.5. The van der Waals surface area contributed by atoms with E-state index in [2.05, 4.69) is 6.92 Å². The second-order valence-corrected chi connectivity index (χ2v) is 5.42. The summed E-state index contributed by atoms with van der Waals surface area (Å²) < 4.78 is 5.13. The van der Waals surface area contributed by atoms with Crippen LogP contribution in [0.15, 0.2) is 24.3 Å². The Kier molecular flexibility index (Phi) is 7.83. The molecule has 0 aliphatic carbocycles. The van der Waals surface area contributed by atoms with Crippen LogP contribution in [-0.2, 0) is 4.79 Å². The quantitative estimate of drug-likeness (QED) is 0.760. The normalized spacial score (nSPS) is 12.0. The molecule has 0 aliphatic rings. The van der Waals surface area contributed by atoms with Crippen molar-refractivity contribution in [2.45, 2.75) is 39.0 Å². The van der Waals surface area contributed by atoms with Crippen molar-refractivity contribution in [2.75, 3.05) is 25.6 Å². The van der Waals surface area contributed by atoms with E-state index >= 15 is 0 Å². The number of amides is 1. The molecular weight excluding hydrogens is 264 g/mol. The Balaban J connectivity index is 2.52. The minimum atomic E-state index is 0.151. The van der Waals surface area contributed by atoms with Gasteiger partial charge in [-0.3, -0.25) is 4.79 Å². The molecule has 4 nitrogen and oxygen atoms in total. The zero-order valence-corrected chi connectivity index (χ0v) is 13.5. The van der Waals surface area contributed by atoms with Gasteiger partial charge in [-0.1, -0.05) is 19.8 Å². The fourth-order valence-electron chi connectivity index (χ4n) is 2.52. The number of carbonyl (C=O) groups excluding carboxylic acids is 1. The highest BCUT2D eigenvalue weighted by Crippen LogP contribution is 2.21. The molecule has 0 bridgehead atoms. The first-order valence-corrected chi connectivity index (χ1v) is 7.73. The van der Waals surface area contributed by atoms with Crippen molar-refractivity contribution < 1.29 is 9.53 Å². The summed E-state index contributed by atoms with van der Waals surface area (Å²) >= 11 is 0. The first-order chi connectivity index (χ1) is 10.1. The van der Waals surface area contributed by atoms with E-state index in [0.717, 1.165) is 37.1 Å². The fraction of sp³-hybridized carbons (Fsp3) is 0.588. The molecule has 1 aromatic rings. The lowest BCUT2D eigenvalue weighted by Crippen LogP contribution is -2.26. The number of ether oxygens (including phenoxy) is 1. The van der Waals surface area contributed by atoms with Crippen molar-refractivity contribution in [1.29, 1.82) is 0 Å². The van der Waals surface area contributed by atoms with Crippen LogP contribution in [0.1, 0.15) is 39.0 Å². The van der Waals surface area contributed by atoms with E-state index in [1.807, 2.05) is 31.3 Å². The maximum Gasteiger partial charge on any atom is 0.226 e. The van der Waals surface area contributed by atoms with Gasteiger partial charge >= 0.3 is 0 Å². The van der Waals surface area contributed by atoms with Crippen molar-refractivity contribution >= 4 is 11.6 Å². The Hall–Kier alpha value is -1.55. The monoisotopic (exact) mass is 292 g/mol. The third kappa shape index (κ3) is 5.76. The molecule has 0 heterocycles. The van der Waals surface area contributed by atoms with E-state index in [4.69, 9.17) is 10.5 Å². The Morgan fingerprint density at radius 2 is 1.90 bits per heavy atom. The van der Waals surface area contributed by atoms with E-state index in [1.165, 1.54) is 0 Å². The molecule has 2 N–H and O–H groups in total. The number of nitrogens with zero attached hydrogens (tertiary/aromatic N) is 1. The van der Waals surface area contributed by atoms with Crippen LogP contribution in [0.5, 0.6) is 5.75 Å². The largest absolute Gasteiger partial charge is 0.497 e. The van der Waals surface area contributed by atoms with Crippen LogP contribution in [0.3, 0.4) is 0 Å². The van der Waals surface area contributed by atoms with Gasteiger partial charge in [0.2, 0.25) is 5.91 Å². The molecule has 0 saturated heterocycles. The van der Waals surface area contributed by atoms with E-state index in [0.29, 0.717) is 18.9 Å². The zero-order chi connectivity index (χ0) is 15.7. The number of methoxy groups -OCH3 is 1. The topological polar surface area (TPSA) is 55.6 Å². The summed E-state index contributed by atoms with van der Waals surface area (Å²) in [6.07, 6.45) is 4.80. The Labute approximate surface area is 128 Å². The van der Waals surface area contributed by atoms with E-state index in [-0.39, 0.29) is 5.91 Å². The van der Waals surface area contributed by atoms with Crippen molar-refractivity contribution in [3.8, 4) is 5.75 Å². The lowest BCUT2D eigenvalue weighted by atomic mass is 9.94. The third-order valence-corrected chi connectivity index (χ3v) is 3.87. The molecule has 0 saturated carbocycles. The van der Waals surface area contributed by atoms with Crippen molar-refractivity contribution in [3.63, 3.8) is 0 Å². The summed E-state index contributed by atoms with van der Waals surface area (Å²) in [4.78, 5) is 14.0. The third-order valence-electron chi connectivity index (χ3n) is 3.87. The van der Waals surface area contributed by atoms with Crippen LogP contribution in [0.2, 0.25) is 0 Å². The van der Waals surface area contributed by atoms with Crippen LogP contribution in [0.25, 0.3) is 0 Å². The van der Waals surface area contributed by atoms with Crippen molar-refractivity contribution in [3.05, 3.63) is 24.3 Å². The average Bonchev–Trinajstić information content (AvgIpc) is 2.52. The van der Waals surface area contributed by atoms with Gasteiger partial charge in [0, 0.05) is 19.2 Å². The minimum Gasteiger partial charge on any atom is -0.497 e. The van der Waals surface area contributed by atoms with Crippen molar-refractivity contribution in [2.24, 2.45) is 11.7 Å². The number of anilines is 1. The van der Waals surface area contributed by atoms with Crippen LogP contribution >= 0.6 is 0 Å². The molecule has 21 heavy (non-hydrogen) atoms. The van der Waals surface area contributed by atoms with Gasteiger partial charge in [0.15, 0.2) is 0 Å². The summed E-state index contributed by atoms with van der Waals surface area (Å²) in [7, 11) is 3.46. The molecule has 1 unspecified atom stereocenters. The molecule has 0 radical (unpaired) electrons. The maximum absolute atomic E-state index is 12.3. The van der Waals surface area contributed by atoms with Crippen LogP contribution in [0, 0.1) is 5.92 Å². The van der Waals surface area contributed by atoms with Crippen LogP contribution < -0.4 is 15.4 Å². The van der Waals surface area contributed by atoms with E-state index in [9.17, 15) is 4.79 Å². The Bertz CT molecular complexity index is 411. The second kappa shape index (κ2) is 9.40. The number of benzene rings is 1. The molecule has 118 valence electrons. The molecule has 4 heteroatoms. The number of rotatable bonds is 9. The highest BCUT2D eigenvalue weighted by molar-refractivity contribution is 5.92. The summed E-state index contributed by atoms with van der Waals surface area (Å²) in [5.74, 6) is 1.51. The minimum absolute atomic E-state index is 0.151. The number of nitrogens with two attached hydrogens (primary N) is 1. The Morgan fingerprint density at radius 1 is 1.24 bits per heavy atom. The highest BCUT2D eigenvalue weighted by Gasteiger charge is 2.14. The van der Waals surface area contributed by atoms with Gasteiger partial charge in [0.05, 0.1) is 7.11 Å². The SMILES string of the molecule is CCCC(CCN)CCC(=O)N(C)c1ccc(OC)cc1. The molecule has 1 rings (SSSR count). The zero-order valence-electron chi connectivity index (χ0n) is 13.5. The summed E-state index contributed by atoms with van der Waals surface area (Å²) in [6, 6.07) is 7.54. The van der Waals surface area contributed by atoms with Gasteiger partial charge in [0.25, 0.3) is 0 Å². The number of hydrogen-bond donors (Lipinski definition) is 1. The molecule has 0 fully saturated rings. The summed E-state index contributed by atoms with van der Waals surface area (Å²) in [5.41, 5.74) is 6.53. The van der Waals surface area contributed by atoms with Gasteiger partial charge in [0.1, 0.15) is 5.75 Å². The van der Waals surface area contributed by atoms with Crippen LogP contribution in [0.4, 0.5) is 5.69 Å². The first kappa shape index (κ1) is 17.5. The van der Waals surface area contributed by atoms with Gasteiger partial charge < -0.3 is 15.4 Å². The molecule has 0 aliphatic heterocycles. The summed E-state index contributed by atoms with van der Waals surface area (Å²) in [5, 5.41) is 0. The molecule has 1 amide bonds. The molecule has 1 aromatic carbocycles. The van der Waals surface area contributed by atoms with Gasteiger partial charge in [-0.15, -0.1) is 0 Å². The van der Waals surface area contributed by atoms with Gasteiger partial charge in [-0.25, -0.2) is 0 Å². The molecular formula is C17H28N2O2. The Morgan fingerprint density at radius 3 is 2.43 bits per heavy atom. The molecule has 1 atom stereocenters. The van der Waals surface area contributed by atoms with Crippen molar-refractivity contribution in [1.82, 2.24) is 0 Å². The lowest BCUT2D eigenvalue weighted by Gasteiger charge is -2.20. The van der Waals surface area contributed by atoms with E-state index < -0.39 is 0 Å². The molecule has 0 aromatic heterocycles. The van der Waals surface area contributed by atoms with Gasteiger partial charge in [-0.05, 0) is 49.6 Å². The predicted octanol–water partition coefficient (Wildman–Crippen LogP) is 3.20. The first-order valence-electron chi connectivity index (χ1n) is 7.73. The molecule has 0 spiro atoms. The number of hydrogen-bond acceptors (Lipinski definition) is 3. The smallest absolute Gasteiger partial charge is 0.226 e. The average molecular weight is 292 g/mol. The lowest BCUT2D eigenvalue weighted by molar-refractivity contribution is -0.118. The van der Waals surface area contributed by atoms with Gasteiger partial charge in [-0.2, -0.15) is 0 Å². The predicted molar refractivity (Wildman–Crippen MR) is 87.7 cm³/mol. The number of carbonyl (C=O) groups is 1. The standard InChI is InChI=1S/C17H28N2O2/c1-4-5-14(12-13-18)6-11-17(20)19(2)15-7-9-16(21-3)10-8-15/h7-10,14H,4-6,11-13,18H2,1-3H3. The second-order valence-electron chi connectivity index (χ2n) is 5.42. The van der Waals surface area contributed by atoms with Crippen LogP contribution in [-0.4, -0.2) is 26.6 Å². The summed E-state index contributed by atoms with van der Waals surface area (Å²) in [6.45, 7) is 2.88. The maximum atomic E-state index is 12.3.